The maximum absolute atomic E-state index is 12.3. The van der Waals surface area contributed by atoms with Gasteiger partial charge in [-0.15, -0.1) is 0 Å². The molecule has 2 heterocycles. The normalized spacial score (nSPS) is 21.0. The smallest absolute Gasteiger partial charge is 0.222 e. The second-order valence-electron chi connectivity index (χ2n) is 6.61. The number of rotatable bonds is 6. The van der Waals surface area contributed by atoms with Gasteiger partial charge in [-0.1, -0.05) is 30.3 Å². The first-order valence-corrected chi connectivity index (χ1v) is 8.70. The van der Waals surface area contributed by atoms with E-state index < -0.39 is 6.10 Å². The van der Waals surface area contributed by atoms with Gasteiger partial charge in [-0.05, 0) is 42.7 Å². The molecule has 5 nitrogen and oxygen atoms in total. The maximum atomic E-state index is 12.3. The Morgan fingerprint density at radius 2 is 2.12 bits per heavy atom. The van der Waals surface area contributed by atoms with E-state index in [0.717, 1.165) is 37.8 Å². The van der Waals surface area contributed by atoms with Crippen LogP contribution in [0.4, 0.5) is 0 Å². The van der Waals surface area contributed by atoms with Gasteiger partial charge in [0.15, 0.2) is 0 Å². The van der Waals surface area contributed by atoms with E-state index in [0.29, 0.717) is 13.0 Å². The van der Waals surface area contributed by atoms with Crippen molar-refractivity contribution in [1.29, 1.82) is 0 Å². The number of aliphatic hydroxyl groups excluding tert-OH is 1. The minimum Gasteiger partial charge on any atom is -0.391 e. The quantitative estimate of drug-likeness (QED) is 0.854. The number of β-amino-alcohol motifs (C(OH)–C–C–N with tert-alkyl or cyclic N) is 1. The van der Waals surface area contributed by atoms with Gasteiger partial charge in [0.05, 0.1) is 12.3 Å². The van der Waals surface area contributed by atoms with Crippen LogP contribution in [0.5, 0.6) is 0 Å². The minimum atomic E-state index is -0.434. The molecule has 0 bridgehead atoms. The number of aliphatic hydroxyl groups is 1. The molecule has 1 fully saturated rings. The summed E-state index contributed by atoms with van der Waals surface area (Å²) in [4.78, 5) is 14.1. The summed E-state index contributed by atoms with van der Waals surface area (Å²) in [5.74, 6) is 0.387. The Morgan fingerprint density at radius 1 is 1.29 bits per heavy atom. The van der Waals surface area contributed by atoms with Gasteiger partial charge in [0, 0.05) is 25.7 Å². The fraction of sp³-hybridized carbons (Fsp3) is 0.474. The number of hydrogen-bond donors (Lipinski definition) is 2. The Hall–Kier alpha value is -2.14. The maximum Gasteiger partial charge on any atom is 0.222 e. The molecule has 128 valence electrons. The van der Waals surface area contributed by atoms with Gasteiger partial charge < -0.3 is 10.0 Å². The highest BCUT2D eigenvalue weighted by Crippen LogP contribution is 2.23. The Labute approximate surface area is 142 Å². The van der Waals surface area contributed by atoms with Crippen LogP contribution >= 0.6 is 0 Å². The Bertz CT molecular complexity index is 627. The zero-order valence-electron chi connectivity index (χ0n) is 13.9. The molecule has 1 amide bonds. The Kier molecular flexibility index (Phi) is 5.64. The third kappa shape index (κ3) is 4.45. The highest BCUT2D eigenvalue weighted by molar-refractivity contribution is 5.76. The van der Waals surface area contributed by atoms with Crippen LogP contribution in [-0.2, 0) is 17.6 Å². The summed E-state index contributed by atoms with van der Waals surface area (Å²) in [5.41, 5.74) is 2.38. The lowest BCUT2D eigenvalue weighted by molar-refractivity contribution is -0.135. The molecule has 24 heavy (non-hydrogen) atoms. The number of amides is 1. The highest BCUT2D eigenvalue weighted by atomic mass is 16.3. The Morgan fingerprint density at radius 3 is 2.83 bits per heavy atom. The molecule has 2 N–H and O–H groups in total. The van der Waals surface area contributed by atoms with Gasteiger partial charge in [0.1, 0.15) is 0 Å². The van der Waals surface area contributed by atoms with Gasteiger partial charge in [-0.3, -0.25) is 9.89 Å². The number of aromatic nitrogens is 2. The van der Waals surface area contributed by atoms with Crippen LogP contribution < -0.4 is 0 Å². The van der Waals surface area contributed by atoms with Gasteiger partial charge in [-0.2, -0.15) is 5.10 Å². The van der Waals surface area contributed by atoms with E-state index >= 15 is 0 Å². The summed E-state index contributed by atoms with van der Waals surface area (Å²) in [7, 11) is 0. The predicted molar refractivity (Wildman–Crippen MR) is 92.4 cm³/mol. The van der Waals surface area contributed by atoms with E-state index in [4.69, 9.17) is 0 Å². The molecule has 1 saturated heterocycles. The number of piperidine rings is 1. The topological polar surface area (TPSA) is 69.2 Å². The van der Waals surface area contributed by atoms with Crippen LogP contribution in [0.1, 0.15) is 30.4 Å². The van der Waals surface area contributed by atoms with Gasteiger partial charge >= 0.3 is 0 Å². The van der Waals surface area contributed by atoms with Gasteiger partial charge in [0.2, 0.25) is 5.91 Å². The minimum absolute atomic E-state index is 0.149. The van der Waals surface area contributed by atoms with E-state index in [1.54, 1.807) is 6.20 Å². The third-order valence-corrected chi connectivity index (χ3v) is 4.83. The molecule has 1 aliphatic heterocycles. The molecule has 0 aliphatic carbocycles. The van der Waals surface area contributed by atoms with E-state index in [2.05, 4.69) is 22.3 Å². The molecule has 0 spiro atoms. The van der Waals surface area contributed by atoms with Crippen molar-refractivity contribution in [2.75, 3.05) is 13.1 Å². The second-order valence-corrected chi connectivity index (χ2v) is 6.61. The first-order chi connectivity index (χ1) is 11.7. The zero-order valence-corrected chi connectivity index (χ0v) is 13.9. The van der Waals surface area contributed by atoms with Crippen molar-refractivity contribution < 1.29 is 9.90 Å². The highest BCUT2D eigenvalue weighted by Gasteiger charge is 2.29. The number of aromatic amines is 1. The van der Waals surface area contributed by atoms with Crippen molar-refractivity contribution in [3.8, 4) is 0 Å². The summed E-state index contributed by atoms with van der Waals surface area (Å²) in [6.07, 6.45) is 7.17. The predicted octanol–water partition coefficient (Wildman–Crippen LogP) is 2.18. The number of nitrogens with one attached hydrogen (secondary N) is 1. The number of carbonyl (C=O) groups excluding carboxylic acids is 1. The molecular weight excluding hydrogens is 302 g/mol. The fourth-order valence-electron chi connectivity index (χ4n) is 3.38. The standard InChI is InChI=1S/C19H25N3O2/c23-18-14-22(19(24)8-4-7-16-12-20-21-13-16)10-9-17(18)11-15-5-2-1-3-6-15/h1-3,5-6,12-13,17-18,23H,4,7-11,14H2,(H,20,21)/t17-,18-/m1/s1. The van der Waals surface area contributed by atoms with Crippen molar-refractivity contribution in [2.24, 2.45) is 5.92 Å². The molecule has 0 radical (unpaired) electrons. The monoisotopic (exact) mass is 327 g/mol. The average molecular weight is 327 g/mol. The lowest BCUT2D eigenvalue weighted by Gasteiger charge is -2.36. The summed E-state index contributed by atoms with van der Waals surface area (Å²) < 4.78 is 0. The molecule has 0 saturated carbocycles. The summed E-state index contributed by atoms with van der Waals surface area (Å²) in [6, 6.07) is 10.3. The number of nitrogens with zero attached hydrogens (tertiary/aromatic N) is 2. The van der Waals surface area contributed by atoms with Gasteiger partial charge in [-0.25, -0.2) is 0 Å². The van der Waals surface area contributed by atoms with Crippen molar-refractivity contribution in [2.45, 2.75) is 38.2 Å². The number of aryl methyl sites for hydroxylation is 1. The SMILES string of the molecule is O=C(CCCc1cn[nH]c1)N1CC[C@H](Cc2ccccc2)[C@H](O)C1. The number of H-pyrrole nitrogens is 1. The van der Waals surface area contributed by atoms with Crippen LogP contribution in [0, 0.1) is 5.92 Å². The molecule has 1 aliphatic rings. The molecule has 1 aromatic carbocycles. The van der Waals surface area contributed by atoms with Crippen molar-refractivity contribution in [3.63, 3.8) is 0 Å². The van der Waals surface area contributed by atoms with E-state index in [-0.39, 0.29) is 11.8 Å². The summed E-state index contributed by atoms with van der Waals surface area (Å²) in [5, 5.41) is 17.1. The van der Waals surface area contributed by atoms with Crippen LogP contribution in [-0.4, -0.2) is 45.3 Å². The van der Waals surface area contributed by atoms with Crippen LogP contribution in [0.2, 0.25) is 0 Å². The molecular formula is C19H25N3O2. The van der Waals surface area contributed by atoms with Crippen molar-refractivity contribution in [3.05, 3.63) is 53.9 Å². The lowest BCUT2D eigenvalue weighted by atomic mass is 9.87. The molecule has 3 rings (SSSR count). The largest absolute Gasteiger partial charge is 0.391 e. The van der Waals surface area contributed by atoms with Crippen LogP contribution in [0.25, 0.3) is 0 Å². The number of likely N-dealkylation sites (tertiary alicyclic amines) is 1. The average Bonchev–Trinajstić information content (AvgIpc) is 3.11. The zero-order chi connectivity index (χ0) is 16.8. The molecule has 2 atom stereocenters. The van der Waals surface area contributed by atoms with Gasteiger partial charge in [0.25, 0.3) is 0 Å². The molecule has 1 aromatic heterocycles. The first-order valence-electron chi connectivity index (χ1n) is 8.70. The van der Waals surface area contributed by atoms with E-state index in [9.17, 15) is 9.90 Å². The van der Waals surface area contributed by atoms with Crippen molar-refractivity contribution >= 4 is 5.91 Å². The Balaban J connectivity index is 1.43. The summed E-state index contributed by atoms with van der Waals surface area (Å²) >= 11 is 0. The summed E-state index contributed by atoms with van der Waals surface area (Å²) in [6.45, 7) is 1.21. The van der Waals surface area contributed by atoms with E-state index in [1.807, 2.05) is 29.3 Å². The van der Waals surface area contributed by atoms with Crippen molar-refractivity contribution in [1.82, 2.24) is 15.1 Å². The number of hydrogen-bond acceptors (Lipinski definition) is 3. The molecule has 0 unspecified atom stereocenters. The van der Waals surface area contributed by atoms with E-state index in [1.165, 1.54) is 5.56 Å². The lowest BCUT2D eigenvalue weighted by Crippen LogP contribution is -2.47. The van der Waals surface area contributed by atoms with Crippen LogP contribution in [0.3, 0.4) is 0 Å². The number of carbonyl (C=O) groups is 1. The molecule has 5 heteroatoms. The van der Waals surface area contributed by atoms with Crippen LogP contribution in [0.15, 0.2) is 42.7 Å². The second kappa shape index (κ2) is 8.11. The third-order valence-electron chi connectivity index (χ3n) is 4.83. The number of benzene rings is 1. The fourth-order valence-corrected chi connectivity index (χ4v) is 3.38. The first kappa shape index (κ1) is 16.7. The molecule has 2 aromatic rings.